The Balaban J connectivity index is 1.88. The molecule has 0 fully saturated rings. The van der Waals surface area contributed by atoms with Gasteiger partial charge in [-0.1, -0.05) is 57.2 Å². The molecule has 0 N–H and O–H groups in total. The molecule has 0 aliphatic rings. The number of hydrogen-bond donors (Lipinski definition) is 0. The molecule has 0 bridgehead atoms. The lowest BCUT2D eigenvalue weighted by Gasteiger charge is -2.05. The van der Waals surface area contributed by atoms with E-state index in [9.17, 15) is 0 Å². The molecule has 18 heavy (non-hydrogen) atoms. The Morgan fingerprint density at radius 3 is 2.56 bits per heavy atom. The van der Waals surface area contributed by atoms with Crippen LogP contribution in [0, 0.1) is 6.92 Å². The van der Waals surface area contributed by atoms with E-state index in [1.165, 1.54) is 49.5 Å². The van der Waals surface area contributed by atoms with Gasteiger partial charge in [0.15, 0.2) is 0 Å². The van der Waals surface area contributed by atoms with Crippen molar-refractivity contribution in [2.75, 3.05) is 0 Å². The van der Waals surface area contributed by atoms with Gasteiger partial charge in [0, 0.05) is 11.6 Å². The number of pyridine rings is 1. The fraction of sp³-hybridized carbons (Fsp3) is 0.412. The minimum absolute atomic E-state index is 1.08. The third-order valence-electron chi connectivity index (χ3n) is 3.44. The second-order valence-electron chi connectivity index (χ2n) is 4.86. The monoisotopic (exact) mass is 240 g/mol. The SMILES string of the molecule is [CH2]CCCCCCCc1ccnc2ccccc12. The Morgan fingerprint density at radius 1 is 0.889 bits per heavy atom. The van der Waals surface area contributed by atoms with E-state index in [0.29, 0.717) is 0 Å². The molecule has 0 aliphatic carbocycles. The van der Waals surface area contributed by atoms with Gasteiger partial charge in [0.1, 0.15) is 0 Å². The summed E-state index contributed by atoms with van der Waals surface area (Å²) in [5.74, 6) is 0. The van der Waals surface area contributed by atoms with Gasteiger partial charge in [0.2, 0.25) is 0 Å². The van der Waals surface area contributed by atoms with E-state index in [1.54, 1.807) is 0 Å². The van der Waals surface area contributed by atoms with E-state index >= 15 is 0 Å². The lowest BCUT2D eigenvalue weighted by Crippen LogP contribution is -1.90. The maximum Gasteiger partial charge on any atom is 0.0704 e. The Hall–Kier alpha value is -1.37. The first-order valence-corrected chi connectivity index (χ1v) is 7.03. The molecule has 0 aliphatic heterocycles. The number of nitrogens with zero attached hydrogens (tertiary/aromatic N) is 1. The molecule has 95 valence electrons. The van der Waals surface area contributed by atoms with Crippen LogP contribution in [0.1, 0.15) is 44.1 Å². The average Bonchev–Trinajstić information content (AvgIpc) is 2.43. The summed E-state index contributed by atoms with van der Waals surface area (Å²) in [4.78, 5) is 4.40. The number of fused-ring (bicyclic) bond motifs is 1. The molecule has 2 aromatic rings. The van der Waals surface area contributed by atoms with Gasteiger partial charge in [-0.25, -0.2) is 0 Å². The van der Waals surface area contributed by atoms with Gasteiger partial charge in [-0.15, -0.1) is 0 Å². The third-order valence-corrected chi connectivity index (χ3v) is 3.44. The van der Waals surface area contributed by atoms with Crippen molar-refractivity contribution in [3.8, 4) is 0 Å². The van der Waals surface area contributed by atoms with Crippen molar-refractivity contribution in [2.24, 2.45) is 0 Å². The highest BCUT2D eigenvalue weighted by Crippen LogP contribution is 2.18. The molecule has 0 atom stereocenters. The van der Waals surface area contributed by atoms with Crippen molar-refractivity contribution in [2.45, 2.75) is 44.9 Å². The van der Waals surface area contributed by atoms with Crippen LogP contribution in [-0.2, 0) is 6.42 Å². The Labute approximate surface area is 110 Å². The van der Waals surface area contributed by atoms with Crippen LogP contribution in [0.25, 0.3) is 10.9 Å². The molecule has 2 rings (SSSR count). The normalized spacial score (nSPS) is 10.9. The molecule has 1 aromatic carbocycles. The first kappa shape index (κ1) is 13.1. The zero-order valence-electron chi connectivity index (χ0n) is 11.1. The van der Waals surface area contributed by atoms with Crippen LogP contribution >= 0.6 is 0 Å². The molecule has 1 heteroatoms. The summed E-state index contributed by atoms with van der Waals surface area (Å²) in [7, 11) is 0. The number of rotatable bonds is 7. The predicted octanol–water partition coefficient (Wildman–Crippen LogP) is 4.95. The summed E-state index contributed by atoms with van der Waals surface area (Å²) in [6, 6.07) is 10.6. The molecule has 0 spiro atoms. The number of benzene rings is 1. The van der Waals surface area contributed by atoms with Crippen LogP contribution in [0.4, 0.5) is 0 Å². The smallest absolute Gasteiger partial charge is 0.0704 e. The number of unbranched alkanes of at least 4 members (excludes halogenated alkanes) is 5. The van der Waals surface area contributed by atoms with E-state index in [0.717, 1.165) is 11.9 Å². The molecule has 0 unspecified atom stereocenters. The molecule has 1 radical (unpaired) electrons. The Bertz CT molecular complexity index is 470. The van der Waals surface area contributed by atoms with Crippen molar-refractivity contribution in [1.29, 1.82) is 0 Å². The second kappa shape index (κ2) is 7.15. The molecule has 1 heterocycles. The molecule has 1 aromatic heterocycles. The Kier molecular flexibility index (Phi) is 5.19. The van der Waals surface area contributed by atoms with Gasteiger partial charge in [0.25, 0.3) is 0 Å². The van der Waals surface area contributed by atoms with E-state index in [2.05, 4.69) is 42.2 Å². The third kappa shape index (κ3) is 3.56. The highest BCUT2D eigenvalue weighted by Gasteiger charge is 2.00. The van der Waals surface area contributed by atoms with Crippen molar-refractivity contribution in [3.05, 3.63) is 49.0 Å². The number of aromatic nitrogens is 1. The van der Waals surface area contributed by atoms with Crippen molar-refractivity contribution >= 4 is 10.9 Å². The molecule has 1 nitrogen and oxygen atoms in total. The van der Waals surface area contributed by atoms with Crippen LogP contribution in [0.5, 0.6) is 0 Å². The second-order valence-corrected chi connectivity index (χ2v) is 4.86. The predicted molar refractivity (Wildman–Crippen MR) is 78.5 cm³/mol. The summed E-state index contributed by atoms with van der Waals surface area (Å²) in [6.45, 7) is 3.88. The van der Waals surface area contributed by atoms with E-state index in [4.69, 9.17) is 0 Å². The standard InChI is InChI=1S/C17H22N/c1-2-3-4-5-6-7-10-15-13-14-18-17-12-9-8-11-16(15)17/h8-9,11-14H,1-7,10H2. The van der Waals surface area contributed by atoms with E-state index in [1.807, 2.05) is 6.20 Å². The van der Waals surface area contributed by atoms with Gasteiger partial charge in [-0.2, -0.15) is 0 Å². The van der Waals surface area contributed by atoms with Crippen molar-refractivity contribution in [3.63, 3.8) is 0 Å². The van der Waals surface area contributed by atoms with Gasteiger partial charge < -0.3 is 0 Å². The summed E-state index contributed by atoms with van der Waals surface area (Å²) in [5, 5.41) is 1.32. The largest absolute Gasteiger partial charge is 0.256 e. The molecular weight excluding hydrogens is 218 g/mol. The minimum atomic E-state index is 1.08. The first-order chi connectivity index (χ1) is 8.92. The van der Waals surface area contributed by atoms with Crippen molar-refractivity contribution in [1.82, 2.24) is 4.98 Å². The maximum atomic E-state index is 4.40. The zero-order valence-corrected chi connectivity index (χ0v) is 11.1. The lowest BCUT2D eigenvalue weighted by molar-refractivity contribution is 0.618. The number of para-hydroxylation sites is 1. The minimum Gasteiger partial charge on any atom is -0.256 e. The van der Waals surface area contributed by atoms with E-state index in [-0.39, 0.29) is 0 Å². The molecular formula is C17H22N. The number of aryl methyl sites for hydroxylation is 1. The fourth-order valence-corrected chi connectivity index (χ4v) is 2.40. The van der Waals surface area contributed by atoms with Crippen LogP contribution in [-0.4, -0.2) is 4.98 Å². The average molecular weight is 240 g/mol. The highest BCUT2D eigenvalue weighted by molar-refractivity contribution is 5.81. The first-order valence-electron chi connectivity index (χ1n) is 7.03. The highest BCUT2D eigenvalue weighted by atomic mass is 14.6. The summed E-state index contributed by atoms with van der Waals surface area (Å²) in [5.41, 5.74) is 2.56. The lowest BCUT2D eigenvalue weighted by atomic mass is 10.0. The fourth-order valence-electron chi connectivity index (χ4n) is 2.40. The zero-order chi connectivity index (χ0) is 12.6. The topological polar surface area (TPSA) is 12.9 Å². The maximum absolute atomic E-state index is 4.40. The van der Waals surface area contributed by atoms with Gasteiger partial charge in [0.05, 0.1) is 5.52 Å². The summed E-state index contributed by atoms with van der Waals surface area (Å²) < 4.78 is 0. The van der Waals surface area contributed by atoms with Gasteiger partial charge >= 0.3 is 0 Å². The quantitative estimate of drug-likeness (QED) is 0.624. The van der Waals surface area contributed by atoms with Crippen LogP contribution in [0.3, 0.4) is 0 Å². The molecule has 0 amide bonds. The Morgan fingerprint density at radius 2 is 1.67 bits per heavy atom. The number of hydrogen-bond acceptors (Lipinski definition) is 1. The summed E-state index contributed by atoms with van der Waals surface area (Å²) in [6.07, 6.45) is 10.8. The van der Waals surface area contributed by atoms with Crippen molar-refractivity contribution < 1.29 is 0 Å². The van der Waals surface area contributed by atoms with Gasteiger partial charge in [-0.05, 0) is 30.5 Å². The van der Waals surface area contributed by atoms with Crippen LogP contribution in [0.2, 0.25) is 0 Å². The van der Waals surface area contributed by atoms with Crippen LogP contribution in [0.15, 0.2) is 36.5 Å². The van der Waals surface area contributed by atoms with Crippen LogP contribution < -0.4 is 0 Å². The summed E-state index contributed by atoms with van der Waals surface area (Å²) >= 11 is 0. The molecule has 0 saturated carbocycles. The van der Waals surface area contributed by atoms with Gasteiger partial charge in [-0.3, -0.25) is 4.98 Å². The molecule has 0 saturated heterocycles. The van der Waals surface area contributed by atoms with E-state index < -0.39 is 0 Å².